The number of halogens is 1. The summed E-state index contributed by atoms with van der Waals surface area (Å²) in [6.07, 6.45) is 0. The Labute approximate surface area is 113 Å². The Morgan fingerprint density at radius 1 is 1.44 bits per heavy atom. The molecule has 2 aromatic rings. The van der Waals surface area contributed by atoms with Gasteiger partial charge in [0.1, 0.15) is 6.54 Å². The summed E-state index contributed by atoms with van der Waals surface area (Å²) in [5.74, 6) is -0.299. The van der Waals surface area contributed by atoms with Gasteiger partial charge in [-0.2, -0.15) is 0 Å². The van der Waals surface area contributed by atoms with E-state index in [0.717, 1.165) is 26.8 Å². The van der Waals surface area contributed by atoms with Gasteiger partial charge < -0.3 is 10.1 Å². The molecular weight excluding hydrogens is 296 g/mol. The molecule has 18 heavy (non-hydrogen) atoms. The molecule has 1 heterocycles. The molecule has 0 fully saturated rings. The van der Waals surface area contributed by atoms with E-state index in [2.05, 4.69) is 31.0 Å². The fourth-order valence-electron chi connectivity index (χ4n) is 1.72. The van der Waals surface area contributed by atoms with Crippen molar-refractivity contribution in [1.82, 2.24) is 4.98 Å². The van der Waals surface area contributed by atoms with Gasteiger partial charge in [-0.25, -0.2) is 0 Å². The van der Waals surface area contributed by atoms with Gasteiger partial charge in [-0.15, -0.1) is 0 Å². The Morgan fingerprint density at radius 3 is 2.94 bits per heavy atom. The van der Waals surface area contributed by atoms with Gasteiger partial charge in [0.05, 0.1) is 12.6 Å². The predicted molar refractivity (Wildman–Crippen MR) is 74.7 cm³/mol. The molecular formula is C13H13BrN2O2. The van der Waals surface area contributed by atoms with Crippen molar-refractivity contribution in [2.24, 2.45) is 0 Å². The fourth-order valence-corrected chi connectivity index (χ4v) is 2.08. The number of anilines is 1. The largest absolute Gasteiger partial charge is 0.468 e. The molecule has 0 atom stereocenters. The van der Waals surface area contributed by atoms with Gasteiger partial charge in [-0.1, -0.05) is 15.9 Å². The van der Waals surface area contributed by atoms with Crippen LogP contribution >= 0.6 is 15.9 Å². The zero-order valence-corrected chi connectivity index (χ0v) is 11.7. The summed E-state index contributed by atoms with van der Waals surface area (Å²) >= 11 is 3.43. The highest BCUT2D eigenvalue weighted by molar-refractivity contribution is 9.10. The molecule has 0 aliphatic rings. The van der Waals surface area contributed by atoms with Crippen LogP contribution in [-0.4, -0.2) is 24.6 Å². The van der Waals surface area contributed by atoms with Crippen molar-refractivity contribution >= 4 is 38.5 Å². The van der Waals surface area contributed by atoms with Crippen molar-refractivity contribution in [2.75, 3.05) is 19.0 Å². The Bertz CT molecular complexity index is 599. The number of aromatic nitrogens is 1. The zero-order chi connectivity index (χ0) is 13.1. The Kier molecular flexibility index (Phi) is 3.81. The molecule has 1 aromatic heterocycles. The van der Waals surface area contributed by atoms with Gasteiger partial charge in [0.2, 0.25) is 0 Å². The average molecular weight is 309 g/mol. The van der Waals surface area contributed by atoms with Crippen molar-refractivity contribution in [3.63, 3.8) is 0 Å². The maximum atomic E-state index is 11.2. The van der Waals surface area contributed by atoms with Crippen LogP contribution in [-0.2, 0) is 9.53 Å². The lowest BCUT2D eigenvalue weighted by Crippen LogP contribution is -2.15. The third kappa shape index (κ3) is 2.79. The minimum absolute atomic E-state index is 0.140. The first-order chi connectivity index (χ1) is 8.60. The second kappa shape index (κ2) is 5.35. The number of ether oxygens (including phenoxy) is 1. The molecule has 0 aliphatic heterocycles. The number of nitrogens with zero attached hydrogens (tertiary/aromatic N) is 1. The second-order valence-corrected chi connectivity index (χ2v) is 4.82. The fraction of sp³-hybridized carbons (Fsp3) is 0.231. The molecule has 0 radical (unpaired) electrons. The number of pyridine rings is 1. The van der Waals surface area contributed by atoms with Crippen LogP contribution in [0.3, 0.4) is 0 Å². The Hall–Kier alpha value is -1.62. The summed E-state index contributed by atoms with van der Waals surface area (Å²) in [7, 11) is 1.37. The van der Waals surface area contributed by atoms with Crippen molar-refractivity contribution in [3.05, 3.63) is 34.4 Å². The SMILES string of the molecule is COC(=O)CNc1cc(C)nc2ccc(Br)cc12. The number of carbonyl (C=O) groups is 1. The van der Waals surface area contributed by atoms with Crippen molar-refractivity contribution < 1.29 is 9.53 Å². The van der Waals surface area contributed by atoms with Crippen LogP contribution in [0.5, 0.6) is 0 Å². The maximum Gasteiger partial charge on any atom is 0.325 e. The van der Waals surface area contributed by atoms with E-state index in [0.29, 0.717) is 0 Å². The van der Waals surface area contributed by atoms with Gasteiger partial charge >= 0.3 is 5.97 Å². The molecule has 0 aliphatic carbocycles. The van der Waals surface area contributed by atoms with E-state index in [9.17, 15) is 4.79 Å². The van der Waals surface area contributed by atoms with Crippen LogP contribution < -0.4 is 5.32 Å². The lowest BCUT2D eigenvalue weighted by Gasteiger charge is -2.10. The van der Waals surface area contributed by atoms with Gasteiger partial charge in [-0.3, -0.25) is 9.78 Å². The lowest BCUT2D eigenvalue weighted by atomic mass is 10.1. The quantitative estimate of drug-likeness (QED) is 0.886. The second-order valence-electron chi connectivity index (χ2n) is 3.90. The van der Waals surface area contributed by atoms with E-state index < -0.39 is 0 Å². The molecule has 1 N–H and O–H groups in total. The number of hydrogen-bond acceptors (Lipinski definition) is 4. The van der Waals surface area contributed by atoms with E-state index >= 15 is 0 Å². The number of aryl methyl sites for hydroxylation is 1. The molecule has 1 aromatic carbocycles. The third-order valence-electron chi connectivity index (χ3n) is 2.55. The predicted octanol–water partition coefficient (Wildman–Crippen LogP) is 2.89. The number of nitrogens with one attached hydrogen (secondary N) is 1. The Balaban J connectivity index is 2.41. The number of fused-ring (bicyclic) bond motifs is 1. The van der Waals surface area contributed by atoms with Crippen LogP contribution in [0.1, 0.15) is 5.69 Å². The van der Waals surface area contributed by atoms with Crippen LogP contribution in [0.25, 0.3) is 10.9 Å². The summed E-state index contributed by atoms with van der Waals surface area (Å²) in [6, 6.07) is 7.77. The highest BCUT2D eigenvalue weighted by Crippen LogP contribution is 2.26. The lowest BCUT2D eigenvalue weighted by molar-refractivity contribution is -0.138. The average Bonchev–Trinajstić information content (AvgIpc) is 2.36. The van der Waals surface area contributed by atoms with E-state index in [1.165, 1.54) is 7.11 Å². The van der Waals surface area contributed by atoms with Gasteiger partial charge in [0, 0.05) is 21.2 Å². The smallest absolute Gasteiger partial charge is 0.325 e. The van der Waals surface area contributed by atoms with E-state index in [4.69, 9.17) is 0 Å². The van der Waals surface area contributed by atoms with Gasteiger partial charge in [0.15, 0.2) is 0 Å². The highest BCUT2D eigenvalue weighted by Gasteiger charge is 2.06. The van der Waals surface area contributed by atoms with E-state index in [-0.39, 0.29) is 12.5 Å². The number of rotatable bonds is 3. The summed E-state index contributed by atoms with van der Waals surface area (Å²) in [5.41, 5.74) is 2.67. The first-order valence-corrected chi connectivity index (χ1v) is 6.27. The van der Waals surface area contributed by atoms with Crippen molar-refractivity contribution in [3.8, 4) is 0 Å². The molecule has 0 bridgehead atoms. The first kappa shape index (κ1) is 12.8. The van der Waals surface area contributed by atoms with E-state index in [1.54, 1.807) is 0 Å². The van der Waals surface area contributed by atoms with Crippen LogP contribution in [0.2, 0.25) is 0 Å². The first-order valence-electron chi connectivity index (χ1n) is 5.48. The highest BCUT2D eigenvalue weighted by atomic mass is 79.9. The maximum absolute atomic E-state index is 11.2. The third-order valence-corrected chi connectivity index (χ3v) is 3.04. The summed E-state index contributed by atoms with van der Waals surface area (Å²) in [4.78, 5) is 15.6. The zero-order valence-electron chi connectivity index (χ0n) is 10.2. The molecule has 0 spiro atoms. The number of benzene rings is 1. The van der Waals surface area contributed by atoms with Gasteiger partial charge in [-0.05, 0) is 31.2 Å². The molecule has 4 nitrogen and oxygen atoms in total. The molecule has 0 unspecified atom stereocenters. The monoisotopic (exact) mass is 308 g/mol. The van der Waals surface area contributed by atoms with Gasteiger partial charge in [0.25, 0.3) is 0 Å². The number of methoxy groups -OCH3 is 1. The molecule has 0 amide bonds. The Morgan fingerprint density at radius 2 is 2.22 bits per heavy atom. The van der Waals surface area contributed by atoms with Crippen molar-refractivity contribution in [2.45, 2.75) is 6.92 Å². The molecule has 94 valence electrons. The minimum atomic E-state index is -0.299. The number of carbonyl (C=O) groups excluding carboxylic acids is 1. The number of hydrogen-bond donors (Lipinski definition) is 1. The summed E-state index contributed by atoms with van der Waals surface area (Å²) in [6.45, 7) is 2.06. The van der Waals surface area contributed by atoms with Crippen LogP contribution in [0, 0.1) is 6.92 Å². The molecule has 0 saturated carbocycles. The number of esters is 1. The normalized spacial score (nSPS) is 10.4. The summed E-state index contributed by atoms with van der Waals surface area (Å²) < 4.78 is 5.59. The van der Waals surface area contributed by atoms with Crippen molar-refractivity contribution in [1.29, 1.82) is 0 Å². The molecule has 5 heteroatoms. The summed E-state index contributed by atoms with van der Waals surface area (Å²) in [5, 5.41) is 4.04. The molecule has 2 rings (SSSR count). The van der Waals surface area contributed by atoms with Crippen LogP contribution in [0.15, 0.2) is 28.7 Å². The topological polar surface area (TPSA) is 51.2 Å². The minimum Gasteiger partial charge on any atom is -0.468 e. The van der Waals surface area contributed by atoms with E-state index in [1.807, 2.05) is 31.2 Å². The molecule has 0 saturated heterocycles. The standard InChI is InChI=1S/C13H13BrN2O2/c1-8-5-12(15-7-13(17)18-2)10-6-9(14)3-4-11(10)16-8/h3-6H,7H2,1-2H3,(H,15,16). The van der Waals surface area contributed by atoms with Crippen LogP contribution in [0.4, 0.5) is 5.69 Å².